The zero-order valence-electron chi connectivity index (χ0n) is 12.9. The van der Waals surface area contributed by atoms with Crippen molar-refractivity contribution in [3.8, 4) is 6.01 Å². The summed E-state index contributed by atoms with van der Waals surface area (Å²) in [6, 6.07) is 4.53. The minimum Gasteiger partial charge on any atom is -0.459 e. The maximum Gasteiger partial charge on any atom is 0.316 e. The van der Waals surface area contributed by atoms with Crippen molar-refractivity contribution in [2.24, 2.45) is 0 Å². The summed E-state index contributed by atoms with van der Waals surface area (Å²) in [7, 11) is -3.77. The molecule has 0 amide bonds. The highest BCUT2D eigenvalue weighted by Gasteiger charge is 2.33. The van der Waals surface area contributed by atoms with Crippen LogP contribution in [0.3, 0.4) is 0 Å². The standard InChI is InChI=1S/C15H14Cl3N3O3S/c16-10-3-4-13(18)14(6-10)25(22,23)21-5-1-2-12(9-21)24-15-19-7-11(17)8-20-15/h3-4,6-8,12H,1-2,5,9H2. The van der Waals surface area contributed by atoms with Gasteiger partial charge in [0, 0.05) is 11.6 Å². The average Bonchev–Trinajstić information content (AvgIpc) is 2.59. The first-order valence-electron chi connectivity index (χ1n) is 7.45. The van der Waals surface area contributed by atoms with Gasteiger partial charge in [-0.25, -0.2) is 18.4 Å². The molecule has 0 aliphatic carbocycles. The Morgan fingerprint density at radius 2 is 1.84 bits per heavy atom. The zero-order valence-corrected chi connectivity index (χ0v) is 16.0. The lowest BCUT2D eigenvalue weighted by Crippen LogP contribution is -2.44. The van der Waals surface area contributed by atoms with Gasteiger partial charge in [0.15, 0.2) is 0 Å². The monoisotopic (exact) mass is 421 g/mol. The van der Waals surface area contributed by atoms with Gasteiger partial charge >= 0.3 is 6.01 Å². The topological polar surface area (TPSA) is 72.4 Å². The first kappa shape index (κ1) is 18.7. The summed E-state index contributed by atoms with van der Waals surface area (Å²) in [5.74, 6) is 0. The van der Waals surface area contributed by atoms with E-state index < -0.39 is 10.0 Å². The molecule has 1 atom stereocenters. The molecule has 0 N–H and O–H groups in total. The Bertz CT molecular complexity index is 862. The maximum atomic E-state index is 12.9. The highest BCUT2D eigenvalue weighted by Crippen LogP contribution is 2.29. The molecule has 25 heavy (non-hydrogen) atoms. The van der Waals surface area contributed by atoms with Crippen LogP contribution in [0.2, 0.25) is 15.1 Å². The lowest BCUT2D eigenvalue weighted by Gasteiger charge is -2.31. The van der Waals surface area contributed by atoms with Crippen molar-refractivity contribution >= 4 is 44.8 Å². The van der Waals surface area contributed by atoms with Crippen molar-refractivity contribution in [1.29, 1.82) is 0 Å². The number of piperidine rings is 1. The van der Waals surface area contributed by atoms with Gasteiger partial charge in [-0.05, 0) is 31.0 Å². The molecular formula is C15H14Cl3N3O3S. The van der Waals surface area contributed by atoms with Gasteiger partial charge < -0.3 is 4.74 Å². The summed E-state index contributed by atoms with van der Waals surface area (Å²) in [4.78, 5) is 7.93. The van der Waals surface area contributed by atoms with Crippen molar-refractivity contribution in [3.05, 3.63) is 45.7 Å². The molecule has 2 heterocycles. The van der Waals surface area contributed by atoms with E-state index in [1.165, 1.54) is 28.8 Å². The van der Waals surface area contributed by atoms with Crippen LogP contribution in [-0.2, 0) is 10.0 Å². The second kappa shape index (κ2) is 7.63. The van der Waals surface area contributed by atoms with Crippen LogP contribution in [0.15, 0.2) is 35.5 Å². The lowest BCUT2D eigenvalue weighted by atomic mass is 10.1. The summed E-state index contributed by atoms with van der Waals surface area (Å²) in [6.07, 6.45) is 3.83. The number of benzene rings is 1. The van der Waals surface area contributed by atoms with Gasteiger partial charge in [-0.3, -0.25) is 0 Å². The van der Waals surface area contributed by atoms with Crippen molar-refractivity contribution in [1.82, 2.24) is 14.3 Å². The smallest absolute Gasteiger partial charge is 0.316 e. The van der Waals surface area contributed by atoms with E-state index in [0.29, 0.717) is 29.4 Å². The molecule has 6 nitrogen and oxygen atoms in total. The Labute approximate surface area is 160 Å². The highest BCUT2D eigenvalue weighted by molar-refractivity contribution is 7.89. The Balaban J connectivity index is 1.78. The van der Waals surface area contributed by atoms with E-state index in [1.807, 2.05) is 0 Å². The highest BCUT2D eigenvalue weighted by atomic mass is 35.5. The molecule has 3 rings (SSSR count). The molecule has 1 aromatic heterocycles. The molecule has 1 aliphatic heterocycles. The van der Waals surface area contributed by atoms with E-state index in [4.69, 9.17) is 39.5 Å². The number of hydrogen-bond acceptors (Lipinski definition) is 5. The number of ether oxygens (including phenoxy) is 1. The van der Waals surface area contributed by atoms with Crippen LogP contribution >= 0.6 is 34.8 Å². The van der Waals surface area contributed by atoms with Gasteiger partial charge in [-0.2, -0.15) is 4.31 Å². The number of nitrogens with zero attached hydrogens (tertiary/aromatic N) is 3. The van der Waals surface area contributed by atoms with E-state index in [-0.39, 0.29) is 28.6 Å². The predicted molar refractivity (Wildman–Crippen MR) is 95.9 cm³/mol. The first-order valence-corrected chi connectivity index (χ1v) is 10.0. The molecule has 0 saturated carbocycles. The number of hydrogen-bond donors (Lipinski definition) is 0. The van der Waals surface area contributed by atoms with Gasteiger partial charge in [0.05, 0.1) is 29.0 Å². The van der Waals surface area contributed by atoms with Gasteiger partial charge in [0.2, 0.25) is 10.0 Å². The number of rotatable bonds is 4. The van der Waals surface area contributed by atoms with E-state index in [1.54, 1.807) is 6.07 Å². The maximum absolute atomic E-state index is 12.9. The molecule has 134 valence electrons. The van der Waals surface area contributed by atoms with Crippen molar-refractivity contribution in [2.45, 2.75) is 23.8 Å². The second-order valence-electron chi connectivity index (χ2n) is 5.50. The van der Waals surface area contributed by atoms with Crippen molar-refractivity contribution in [2.75, 3.05) is 13.1 Å². The summed E-state index contributed by atoms with van der Waals surface area (Å²) in [5, 5.41) is 0.839. The number of halogens is 3. The molecule has 10 heteroatoms. The van der Waals surface area contributed by atoms with Gasteiger partial charge in [-0.15, -0.1) is 0 Å². The van der Waals surface area contributed by atoms with Crippen LogP contribution in [0.1, 0.15) is 12.8 Å². The Morgan fingerprint density at radius 3 is 2.56 bits per heavy atom. The number of sulfonamides is 1. The summed E-state index contributed by atoms with van der Waals surface area (Å²) in [6.45, 7) is 0.559. The zero-order chi connectivity index (χ0) is 18.0. The lowest BCUT2D eigenvalue weighted by molar-refractivity contribution is 0.119. The minimum absolute atomic E-state index is 0.00920. The normalized spacial score (nSPS) is 18.9. The molecule has 1 aromatic carbocycles. The SMILES string of the molecule is O=S(=O)(c1cc(Cl)ccc1Cl)N1CCCC(Oc2ncc(Cl)cn2)C1. The summed E-state index contributed by atoms with van der Waals surface area (Å²) >= 11 is 17.7. The third-order valence-electron chi connectivity index (χ3n) is 3.72. The third-order valence-corrected chi connectivity index (χ3v) is 6.50. The predicted octanol–water partition coefficient (Wildman–Crippen LogP) is 3.67. The van der Waals surface area contributed by atoms with E-state index in [2.05, 4.69) is 9.97 Å². The molecule has 1 unspecified atom stereocenters. The number of aromatic nitrogens is 2. The molecule has 1 fully saturated rings. The van der Waals surface area contributed by atoms with Crippen LogP contribution in [0, 0.1) is 0 Å². The van der Waals surface area contributed by atoms with Crippen LogP contribution in [-0.4, -0.2) is 41.9 Å². The fraction of sp³-hybridized carbons (Fsp3) is 0.333. The average molecular weight is 423 g/mol. The fourth-order valence-corrected chi connectivity index (χ4v) is 4.89. The third kappa shape index (κ3) is 4.35. The molecule has 0 bridgehead atoms. The molecule has 0 spiro atoms. The van der Waals surface area contributed by atoms with Gasteiger partial charge in [0.1, 0.15) is 11.0 Å². The van der Waals surface area contributed by atoms with E-state index >= 15 is 0 Å². The van der Waals surface area contributed by atoms with Crippen LogP contribution in [0.25, 0.3) is 0 Å². The molecule has 1 saturated heterocycles. The van der Waals surface area contributed by atoms with Crippen LogP contribution in [0.4, 0.5) is 0 Å². The molecule has 0 radical (unpaired) electrons. The van der Waals surface area contributed by atoms with Gasteiger partial charge in [-0.1, -0.05) is 34.8 Å². The Morgan fingerprint density at radius 1 is 1.12 bits per heavy atom. The quantitative estimate of drug-likeness (QED) is 0.752. The molecular weight excluding hydrogens is 409 g/mol. The molecule has 1 aliphatic rings. The fourth-order valence-electron chi connectivity index (χ4n) is 2.54. The summed E-state index contributed by atoms with van der Waals surface area (Å²) in [5.41, 5.74) is 0. The summed E-state index contributed by atoms with van der Waals surface area (Å²) < 4.78 is 32.8. The van der Waals surface area contributed by atoms with Crippen LogP contribution < -0.4 is 4.74 Å². The minimum atomic E-state index is -3.77. The van der Waals surface area contributed by atoms with Crippen LogP contribution in [0.5, 0.6) is 6.01 Å². The largest absolute Gasteiger partial charge is 0.459 e. The Hall–Kier alpha value is -1.12. The van der Waals surface area contributed by atoms with E-state index in [0.717, 1.165) is 0 Å². The van der Waals surface area contributed by atoms with Crippen molar-refractivity contribution in [3.63, 3.8) is 0 Å². The second-order valence-corrected chi connectivity index (χ2v) is 8.69. The van der Waals surface area contributed by atoms with Gasteiger partial charge in [0.25, 0.3) is 0 Å². The Kier molecular flexibility index (Phi) is 5.70. The molecule has 2 aromatic rings. The van der Waals surface area contributed by atoms with E-state index in [9.17, 15) is 8.42 Å². The first-order chi connectivity index (χ1) is 11.9. The van der Waals surface area contributed by atoms with Crippen molar-refractivity contribution < 1.29 is 13.2 Å².